The van der Waals surface area contributed by atoms with Crippen LogP contribution < -0.4 is 5.32 Å². The SMILES string of the molecule is CC(=O)OC1C[C@@H](COP(=O)(O)O)O[C@H]1n1cnc2c(NC(=O)c3ccncc3)nc(/C=C/Br)nc21. The molecule has 3 aromatic heterocycles. The summed E-state index contributed by atoms with van der Waals surface area (Å²) in [5.41, 5.74) is 0.856. The fraction of sp³-hybridized carbons (Fsp3) is 0.300. The van der Waals surface area contributed by atoms with Crippen molar-refractivity contribution in [2.45, 2.75) is 31.8 Å². The molecule has 0 saturated carbocycles. The molecule has 0 aromatic carbocycles. The average molecular weight is 583 g/mol. The summed E-state index contributed by atoms with van der Waals surface area (Å²) < 4.78 is 28.5. The first-order chi connectivity index (χ1) is 17.1. The first kappa shape index (κ1) is 26.0. The van der Waals surface area contributed by atoms with Crippen molar-refractivity contribution in [3.8, 4) is 0 Å². The van der Waals surface area contributed by atoms with E-state index in [1.807, 2.05) is 0 Å². The molecule has 3 atom stereocenters. The monoisotopic (exact) mass is 582 g/mol. The van der Waals surface area contributed by atoms with Crippen LogP contribution >= 0.6 is 23.8 Å². The maximum Gasteiger partial charge on any atom is 0.469 e. The van der Waals surface area contributed by atoms with Crippen LogP contribution in [0.2, 0.25) is 0 Å². The van der Waals surface area contributed by atoms with Crippen LogP contribution in [-0.2, 0) is 23.4 Å². The molecule has 0 radical (unpaired) electrons. The lowest BCUT2D eigenvalue weighted by Gasteiger charge is -2.20. The van der Waals surface area contributed by atoms with Crippen molar-refractivity contribution < 1.29 is 37.9 Å². The number of carbonyl (C=O) groups excluding carboxylic acids is 2. The van der Waals surface area contributed by atoms with Gasteiger partial charge in [0.1, 0.15) is 6.10 Å². The highest BCUT2D eigenvalue weighted by Crippen LogP contribution is 2.39. The van der Waals surface area contributed by atoms with Crippen molar-refractivity contribution in [3.05, 3.63) is 47.2 Å². The molecule has 16 heteroatoms. The summed E-state index contributed by atoms with van der Waals surface area (Å²) >= 11 is 3.18. The molecule has 0 bridgehead atoms. The van der Waals surface area contributed by atoms with Gasteiger partial charge in [-0.25, -0.2) is 19.5 Å². The summed E-state index contributed by atoms with van der Waals surface area (Å²) in [6, 6.07) is 3.09. The van der Waals surface area contributed by atoms with Gasteiger partial charge in [0.15, 0.2) is 29.0 Å². The number of carbonyl (C=O) groups is 2. The largest absolute Gasteiger partial charge is 0.469 e. The lowest BCUT2D eigenvalue weighted by atomic mass is 10.2. The van der Waals surface area contributed by atoms with Gasteiger partial charge in [0.2, 0.25) is 0 Å². The Hall–Kier alpha value is -3.07. The number of rotatable bonds is 8. The van der Waals surface area contributed by atoms with Crippen molar-refractivity contribution in [2.75, 3.05) is 11.9 Å². The van der Waals surface area contributed by atoms with Crippen molar-refractivity contribution >= 4 is 58.7 Å². The zero-order valence-corrected chi connectivity index (χ0v) is 21.1. The molecule has 4 rings (SSSR count). The van der Waals surface area contributed by atoms with E-state index in [4.69, 9.17) is 19.3 Å². The molecule has 1 aliphatic heterocycles. The number of amides is 1. The highest BCUT2D eigenvalue weighted by molar-refractivity contribution is 9.11. The zero-order chi connectivity index (χ0) is 25.9. The number of anilines is 1. The van der Waals surface area contributed by atoms with Crippen molar-refractivity contribution in [3.63, 3.8) is 0 Å². The topological polar surface area (TPSA) is 188 Å². The van der Waals surface area contributed by atoms with E-state index in [9.17, 15) is 14.2 Å². The summed E-state index contributed by atoms with van der Waals surface area (Å²) in [6.07, 6.45) is 3.45. The van der Waals surface area contributed by atoms with Crippen molar-refractivity contribution in [2.24, 2.45) is 0 Å². The third kappa shape index (κ3) is 6.19. The van der Waals surface area contributed by atoms with Crippen LogP contribution in [0.25, 0.3) is 17.2 Å². The standard InChI is InChI=1S/C20H20BrN6O8P/c1-11(28)34-14-8-13(9-33-36(30,31)32)35-20(14)27-10-23-16-17(24-15(2-5-21)25-18(16)27)26-19(29)12-3-6-22-7-4-12/h2-7,10,13-14,20H,8-9H2,1H3,(H2,30,31,32)(H,24,25,26,29)/b5-2+/t13-,14?,20+/m0/s1. The van der Waals surface area contributed by atoms with E-state index < -0.39 is 44.7 Å². The fourth-order valence-electron chi connectivity index (χ4n) is 3.59. The molecule has 36 heavy (non-hydrogen) atoms. The van der Waals surface area contributed by atoms with Crippen LogP contribution in [0.4, 0.5) is 5.82 Å². The smallest absolute Gasteiger partial charge is 0.458 e. The third-order valence-corrected chi connectivity index (χ3v) is 5.74. The number of fused-ring (bicyclic) bond motifs is 1. The Morgan fingerprint density at radius 2 is 2.08 bits per heavy atom. The molecule has 1 unspecified atom stereocenters. The Morgan fingerprint density at radius 3 is 2.75 bits per heavy atom. The minimum Gasteiger partial charge on any atom is -0.458 e. The van der Waals surface area contributed by atoms with E-state index in [2.05, 4.69) is 45.7 Å². The summed E-state index contributed by atoms with van der Waals surface area (Å²) in [5.74, 6) is -0.651. The first-order valence-corrected chi connectivity index (χ1v) is 12.8. The maximum atomic E-state index is 12.7. The van der Waals surface area contributed by atoms with Gasteiger partial charge in [-0.2, -0.15) is 0 Å². The Bertz CT molecular complexity index is 1350. The summed E-state index contributed by atoms with van der Waals surface area (Å²) in [5, 5.41) is 2.72. The maximum absolute atomic E-state index is 12.7. The molecule has 1 amide bonds. The van der Waals surface area contributed by atoms with Gasteiger partial charge in [0.05, 0.1) is 19.0 Å². The van der Waals surface area contributed by atoms with Gasteiger partial charge >= 0.3 is 13.8 Å². The second kappa shape index (κ2) is 10.9. The van der Waals surface area contributed by atoms with E-state index in [0.29, 0.717) is 5.56 Å². The number of hydrogen-bond acceptors (Lipinski definition) is 10. The molecule has 3 aromatic rings. The second-order valence-electron chi connectivity index (χ2n) is 7.56. The zero-order valence-electron chi connectivity index (χ0n) is 18.6. The van der Waals surface area contributed by atoms with Gasteiger partial charge in [0.25, 0.3) is 5.91 Å². The van der Waals surface area contributed by atoms with Gasteiger partial charge < -0.3 is 24.6 Å². The van der Waals surface area contributed by atoms with Crippen LogP contribution in [0.15, 0.2) is 35.8 Å². The van der Waals surface area contributed by atoms with E-state index in [1.54, 1.807) is 18.2 Å². The Labute approximate surface area is 212 Å². The van der Waals surface area contributed by atoms with Crippen molar-refractivity contribution in [1.82, 2.24) is 24.5 Å². The molecule has 1 fully saturated rings. The van der Waals surface area contributed by atoms with E-state index in [0.717, 1.165) is 0 Å². The number of nitrogens with zero attached hydrogens (tertiary/aromatic N) is 5. The van der Waals surface area contributed by atoms with Crippen LogP contribution in [0.5, 0.6) is 0 Å². The predicted molar refractivity (Wildman–Crippen MR) is 128 cm³/mol. The number of halogens is 1. The van der Waals surface area contributed by atoms with Gasteiger partial charge in [-0.3, -0.25) is 23.7 Å². The molecule has 190 valence electrons. The number of aromatic nitrogens is 5. The number of nitrogens with one attached hydrogen (secondary N) is 1. The fourth-order valence-corrected chi connectivity index (χ4v) is 4.19. The lowest BCUT2D eigenvalue weighted by Crippen LogP contribution is -2.24. The number of ether oxygens (including phenoxy) is 2. The van der Waals surface area contributed by atoms with Crippen LogP contribution in [0, 0.1) is 0 Å². The molecular weight excluding hydrogens is 563 g/mol. The Balaban J connectivity index is 1.70. The second-order valence-corrected chi connectivity index (χ2v) is 9.32. The van der Waals surface area contributed by atoms with Crippen LogP contribution in [0.1, 0.15) is 35.8 Å². The summed E-state index contributed by atoms with van der Waals surface area (Å²) in [6.45, 7) is 0.807. The third-order valence-electron chi connectivity index (χ3n) is 4.99. The van der Waals surface area contributed by atoms with E-state index in [-0.39, 0.29) is 29.2 Å². The van der Waals surface area contributed by atoms with Crippen molar-refractivity contribution in [1.29, 1.82) is 0 Å². The van der Waals surface area contributed by atoms with Gasteiger partial charge in [0, 0.05) is 31.3 Å². The molecule has 1 aliphatic rings. The van der Waals surface area contributed by atoms with Crippen LogP contribution in [-0.4, -0.2) is 65.0 Å². The number of imidazole rings is 1. The molecule has 0 spiro atoms. The summed E-state index contributed by atoms with van der Waals surface area (Å²) in [4.78, 5) is 61.0. The average Bonchev–Trinajstić information content (AvgIpc) is 3.41. The molecule has 0 aliphatic carbocycles. The lowest BCUT2D eigenvalue weighted by molar-refractivity contribution is -0.152. The first-order valence-electron chi connectivity index (χ1n) is 10.4. The van der Waals surface area contributed by atoms with Crippen LogP contribution in [0.3, 0.4) is 0 Å². The number of esters is 1. The highest BCUT2D eigenvalue weighted by atomic mass is 79.9. The summed E-state index contributed by atoms with van der Waals surface area (Å²) in [7, 11) is -4.73. The predicted octanol–water partition coefficient (Wildman–Crippen LogP) is 2.17. The van der Waals surface area contributed by atoms with Gasteiger partial charge in [-0.15, -0.1) is 0 Å². The molecule has 1 saturated heterocycles. The van der Waals surface area contributed by atoms with Gasteiger partial charge in [-0.05, 0) is 23.2 Å². The number of pyridine rings is 1. The number of phosphoric ester groups is 1. The highest BCUT2D eigenvalue weighted by Gasteiger charge is 2.41. The number of hydrogen-bond donors (Lipinski definition) is 3. The normalized spacial score (nSPS) is 20.2. The number of phosphoric acid groups is 1. The molecule has 4 heterocycles. The van der Waals surface area contributed by atoms with Gasteiger partial charge in [-0.1, -0.05) is 15.9 Å². The Kier molecular flexibility index (Phi) is 7.88. The molecule has 14 nitrogen and oxygen atoms in total. The minimum atomic E-state index is -4.73. The quantitative estimate of drug-likeness (QED) is 0.259. The minimum absolute atomic E-state index is 0.106. The van der Waals surface area contributed by atoms with E-state index in [1.165, 1.54) is 35.2 Å². The molecular formula is C20H20BrN6O8P. The van der Waals surface area contributed by atoms with E-state index >= 15 is 0 Å². The Morgan fingerprint density at radius 1 is 1.33 bits per heavy atom. The molecule has 3 N–H and O–H groups in total.